The maximum Gasteiger partial charge on any atom is 0.340 e. The van der Waals surface area contributed by atoms with Crippen LogP contribution in [0.5, 0.6) is 0 Å². The van der Waals surface area contributed by atoms with Gasteiger partial charge in [-0.3, -0.25) is 4.98 Å². The minimum Gasteiger partial charge on any atom is -0.465 e. The number of hydrogen-bond acceptors (Lipinski definition) is 3. The van der Waals surface area contributed by atoms with Crippen LogP contribution >= 0.6 is 0 Å². The minimum absolute atomic E-state index is 0.379. The number of carbonyl (C=O) groups is 1. The molecule has 3 aromatic rings. The quantitative estimate of drug-likeness (QED) is 0.668. The first-order valence-corrected chi connectivity index (χ1v) is 7.41. The summed E-state index contributed by atoms with van der Waals surface area (Å²) in [6.07, 6.45) is 0. The molecule has 0 aliphatic heterocycles. The van der Waals surface area contributed by atoms with Crippen molar-refractivity contribution in [2.24, 2.45) is 0 Å². The Morgan fingerprint density at radius 3 is 2.04 bits per heavy atom. The first-order valence-electron chi connectivity index (χ1n) is 7.41. The highest BCUT2D eigenvalue weighted by molar-refractivity contribution is 6.03. The number of esters is 1. The molecule has 2 aromatic carbocycles. The molecule has 0 aliphatic carbocycles. The molecule has 3 nitrogen and oxygen atoms in total. The summed E-state index contributed by atoms with van der Waals surface area (Å²) in [5.41, 5.74) is 4.70. The molecule has 1 heterocycles. The van der Waals surface area contributed by atoms with Gasteiger partial charge in [0.1, 0.15) is 0 Å². The average Bonchev–Trinajstić information content (AvgIpc) is 2.62. The Bertz CT molecular complexity index is 766. The molecule has 23 heavy (non-hydrogen) atoms. The summed E-state index contributed by atoms with van der Waals surface area (Å²) in [5, 5.41) is 0. The lowest BCUT2D eigenvalue weighted by atomic mass is 9.95. The third-order valence-electron chi connectivity index (χ3n) is 3.67. The number of aromatic nitrogens is 1. The van der Waals surface area contributed by atoms with Gasteiger partial charge in [-0.15, -0.1) is 0 Å². The van der Waals surface area contributed by atoms with Crippen LogP contribution < -0.4 is 0 Å². The van der Waals surface area contributed by atoms with E-state index < -0.39 is 0 Å². The van der Waals surface area contributed by atoms with Gasteiger partial charge in [-0.05, 0) is 18.6 Å². The molecule has 114 valence electrons. The summed E-state index contributed by atoms with van der Waals surface area (Å²) in [5.74, 6) is -0.379. The zero-order valence-electron chi connectivity index (χ0n) is 13.1. The van der Waals surface area contributed by atoms with Crippen molar-refractivity contribution in [3.05, 3.63) is 78.0 Å². The molecule has 0 radical (unpaired) electrons. The van der Waals surface area contributed by atoms with Gasteiger partial charge in [0.15, 0.2) is 0 Å². The van der Waals surface area contributed by atoms with Crippen molar-refractivity contribution in [3.63, 3.8) is 0 Å². The first kappa shape index (κ1) is 15.0. The number of rotatable bonds is 3. The molecule has 1 aromatic heterocycles. The summed E-state index contributed by atoms with van der Waals surface area (Å²) in [6.45, 7) is 1.93. The second-order valence-corrected chi connectivity index (χ2v) is 5.26. The Kier molecular flexibility index (Phi) is 4.20. The third kappa shape index (κ3) is 2.99. The highest BCUT2D eigenvalue weighted by atomic mass is 16.5. The van der Waals surface area contributed by atoms with E-state index in [0.717, 1.165) is 22.4 Å². The van der Waals surface area contributed by atoms with Gasteiger partial charge in [0, 0.05) is 16.8 Å². The lowest BCUT2D eigenvalue weighted by Gasteiger charge is -2.14. The molecule has 0 N–H and O–H groups in total. The fourth-order valence-corrected chi connectivity index (χ4v) is 2.63. The Labute approximate surface area is 135 Å². The van der Waals surface area contributed by atoms with Gasteiger partial charge in [-0.1, -0.05) is 60.7 Å². The zero-order chi connectivity index (χ0) is 16.2. The molecule has 0 aliphatic rings. The molecule has 0 atom stereocenters. The summed E-state index contributed by atoms with van der Waals surface area (Å²) in [7, 11) is 1.39. The molecule has 0 saturated heterocycles. The molecule has 0 fully saturated rings. The lowest BCUT2D eigenvalue weighted by Crippen LogP contribution is -2.08. The van der Waals surface area contributed by atoms with E-state index in [2.05, 4.69) is 4.98 Å². The van der Waals surface area contributed by atoms with Gasteiger partial charge in [0.2, 0.25) is 0 Å². The highest BCUT2D eigenvalue weighted by Crippen LogP contribution is 2.32. The number of pyridine rings is 1. The predicted octanol–water partition coefficient (Wildman–Crippen LogP) is 4.51. The molecule has 0 unspecified atom stereocenters. The number of hydrogen-bond donors (Lipinski definition) is 0. The molecule has 0 spiro atoms. The number of methoxy groups -OCH3 is 1. The standard InChI is InChI=1S/C20H17NO2/c1-14-13-17(15-9-5-3-6-10-15)18(20(22)23-2)19(21-14)16-11-7-4-8-12-16/h3-13H,1-2H3. The Hall–Kier alpha value is -2.94. The van der Waals surface area contributed by atoms with Crippen molar-refractivity contribution >= 4 is 5.97 Å². The van der Waals surface area contributed by atoms with E-state index in [1.807, 2.05) is 73.7 Å². The minimum atomic E-state index is -0.379. The van der Waals surface area contributed by atoms with E-state index in [9.17, 15) is 4.79 Å². The van der Waals surface area contributed by atoms with Crippen LogP contribution in [0.4, 0.5) is 0 Å². The molecule has 0 amide bonds. The zero-order valence-corrected chi connectivity index (χ0v) is 13.1. The Balaban J connectivity index is 2.32. The van der Waals surface area contributed by atoms with E-state index >= 15 is 0 Å². The van der Waals surface area contributed by atoms with Crippen molar-refractivity contribution in [2.75, 3.05) is 7.11 Å². The molecule has 3 heteroatoms. The van der Waals surface area contributed by atoms with E-state index in [1.54, 1.807) is 0 Å². The van der Waals surface area contributed by atoms with Crippen LogP contribution in [0.15, 0.2) is 66.7 Å². The molecular weight excluding hydrogens is 286 g/mol. The van der Waals surface area contributed by atoms with Crippen molar-refractivity contribution < 1.29 is 9.53 Å². The Morgan fingerprint density at radius 1 is 0.913 bits per heavy atom. The second kappa shape index (κ2) is 6.44. The summed E-state index contributed by atoms with van der Waals surface area (Å²) >= 11 is 0. The predicted molar refractivity (Wildman–Crippen MR) is 91.2 cm³/mol. The van der Waals surface area contributed by atoms with E-state index in [4.69, 9.17) is 4.74 Å². The fraction of sp³-hybridized carbons (Fsp3) is 0.100. The van der Waals surface area contributed by atoms with Crippen molar-refractivity contribution in [2.45, 2.75) is 6.92 Å². The molecule has 0 bridgehead atoms. The number of ether oxygens (including phenoxy) is 1. The summed E-state index contributed by atoms with van der Waals surface area (Å²) in [4.78, 5) is 17.0. The SMILES string of the molecule is COC(=O)c1c(-c2ccccc2)cc(C)nc1-c1ccccc1. The van der Waals surface area contributed by atoms with Crippen LogP contribution in [0.25, 0.3) is 22.4 Å². The summed E-state index contributed by atoms with van der Waals surface area (Å²) in [6, 6.07) is 21.4. The monoisotopic (exact) mass is 303 g/mol. The van der Waals surface area contributed by atoms with Gasteiger partial charge in [0.05, 0.1) is 18.4 Å². The Morgan fingerprint density at radius 2 is 1.48 bits per heavy atom. The third-order valence-corrected chi connectivity index (χ3v) is 3.67. The lowest BCUT2D eigenvalue weighted by molar-refractivity contribution is 0.0602. The van der Waals surface area contributed by atoms with Crippen LogP contribution in [0.1, 0.15) is 16.1 Å². The van der Waals surface area contributed by atoms with Gasteiger partial charge in [-0.2, -0.15) is 0 Å². The van der Waals surface area contributed by atoms with Crippen molar-refractivity contribution in [3.8, 4) is 22.4 Å². The van der Waals surface area contributed by atoms with Gasteiger partial charge >= 0.3 is 5.97 Å². The van der Waals surface area contributed by atoms with Crippen LogP contribution in [-0.4, -0.2) is 18.1 Å². The largest absolute Gasteiger partial charge is 0.465 e. The van der Waals surface area contributed by atoms with Crippen molar-refractivity contribution in [1.82, 2.24) is 4.98 Å². The van der Waals surface area contributed by atoms with E-state index in [-0.39, 0.29) is 5.97 Å². The van der Waals surface area contributed by atoms with Crippen LogP contribution in [0.3, 0.4) is 0 Å². The van der Waals surface area contributed by atoms with Gasteiger partial charge < -0.3 is 4.74 Å². The number of benzene rings is 2. The van der Waals surface area contributed by atoms with Crippen LogP contribution in [0, 0.1) is 6.92 Å². The molecule has 3 rings (SSSR count). The maximum atomic E-state index is 12.5. The second-order valence-electron chi connectivity index (χ2n) is 5.26. The normalized spacial score (nSPS) is 10.3. The maximum absolute atomic E-state index is 12.5. The van der Waals surface area contributed by atoms with E-state index in [0.29, 0.717) is 11.3 Å². The van der Waals surface area contributed by atoms with E-state index in [1.165, 1.54) is 7.11 Å². The van der Waals surface area contributed by atoms with Gasteiger partial charge in [-0.25, -0.2) is 4.79 Å². The van der Waals surface area contributed by atoms with Crippen LogP contribution in [-0.2, 0) is 4.74 Å². The average molecular weight is 303 g/mol. The number of aryl methyl sites for hydroxylation is 1. The molecule has 0 saturated carbocycles. The van der Waals surface area contributed by atoms with Crippen molar-refractivity contribution in [1.29, 1.82) is 0 Å². The number of carbonyl (C=O) groups excluding carboxylic acids is 1. The highest BCUT2D eigenvalue weighted by Gasteiger charge is 2.21. The fourth-order valence-electron chi connectivity index (χ4n) is 2.63. The van der Waals surface area contributed by atoms with Gasteiger partial charge in [0.25, 0.3) is 0 Å². The molecular formula is C20H17NO2. The smallest absolute Gasteiger partial charge is 0.340 e. The number of nitrogens with zero attached hydrogens (tertiary/aromatic N) is 1. The first-order chi connectivity index (χ1) is 11.2. The van der Waals surface area contributed by atoms with Crippen LogP contribution in [0.2, 0.25) is 0 Å². The topological polar surface area (TPSA) is 39.2 Å². The summed E-state index contributed by atoms with van der Waals surface area (Å²) < 4.78 is 5.02.